The molecule has 0 radical (unpaired) electrons. The number of nitrogens with one attached hydrogen (secondary N) is 1. The molecule has 2 heterocycles. The first-order valence-corrected chi connectivity index (χ1v) is 9.97. The Morgan fingerprint density at radius 2 is 1.97 bits per heavy atom. The van der Waals surface area contributed by atoms with Crippen molar-refractivity contribution in [2.45, 2.75) is 38.4 Å². The molecule has 4 rings (SSSR count). The van der Waals surface area contributed by atoms with Crippen LogP contribution in [0, 0.1) is 6.92 Å². The van der Waals surface area contributed by atoms with Crippen LogP contribution in [0.1, 0.15) is 42.3 Å². The summed E-state index contributed by atoms with van der Waals surface area (Å²) in [5.74, 6) is 0.683. The molecule has 1 atom stereocenters. The Balaban J connectivity index is 1.57. The second-order valence-corrected chi connectivity index (χ2v) is 7.50. The summed E-state index contributed by atoms with van der Waals surface area (Å²) in [7, 11) is 0. The number of likely N-dealkylation sites (tertiary alicyclic amines) is 1. The number of carbonyl (C=O) groups excluding carboxylic acids is 1. The molecule has 1 unspecified atom stereocenters. The molecule has 9 heteroatoms. The molecule has 0 bridgehead atoms. The SMILES string of the molecule is Cc1cccc(-c2noc(C3CCCCN3C(=O)Nc3ccccc3C(F)(F)F)n2)c1. The molecule has 1 N–H and O–H groups in total. The maximum absolute atomic E-state index is 13.3. The van der Waals surface area contributed by atoms with Crippen LogP contribution in [0.3, 0.4) is 0 Å². The molecule has 31 heavy (non-hydrogen) atoms. The number of para-hydroxylation sites is 1. The van der Waals surface area contributed by atoms with Crippen LogP contribution < -0.4 is 5.32 Å². The summed E-state index contributed by atoms with van der Waals surface area (Å²) in [5.41, 5.74) is 0.665. The fourth-order valence-corrected chi connectivity index (χ4v) is 3.73. The zero-order chi connectivity index (χ0) is 22.0. The summed E-state index contributed by atoms with van der Waals surface area (Å²) in [6.45, 7) is 2.34. The molecular weight excluding hydrogens is 409 g/mol. The monoisotopic (exact) mass is 430 g/mol. The highest BCUT2D eigenvalue weighted by Crippen LogP contribution is 2.36. The third-order valence-electron chi connectivity index (χ3n) is 5.24. The van der Waals surface area contributed by atoms with Crippen molar-refractivity contribution in [2.75, 3.05) is 11.9 Å². The Hall–Kier alpha value is -3.36. The maximum atomic E-state index is 13.3. The lowest BCUT2D eigenvalue weighted by atomic mass is 10.0. The first-order valence-electron chi connectivity index (χ1n) is 9.97. The zero-order valence-electron chi connectivity index (χ0n) is 16.8. The van der Waals surface area contributed by atoms with E-state index in [4.69, 9.17) is 4.52 Å². The van der Waals surface area contributed by atoms with Crippen molar-refractivity contribution in [1.82, 2.24) is 15.0 Å². The number of aryl methyl sites for hydroxylation is 1. The van der Waals surface area contributed by atoms with Crippen LogP contribution in [0.15, 0.2) is 53.1 Å². The molecule has 0 spiro atoms. The molecule has 1 aromatic heterocycles. The van der Waals surface area contributed by atoms with Gasteiger partial charge in [0.1, 0.15) is 6.04 Å². The largest absolute Gasteiger partial charge is 0.418 e. The third kappa shape index (κ3) is 4.55. The van der Waals surface area contributed by atoms with Crippen molar-refractivity contribution in [3.63, 3.8) is 0 Å². The normalized spacial score (nSPS) is 16.9. The maximum Gasteiger partial charge on any atom is 0.418 e. The van der Waals surface area contributed by atoms with Crippen LogP contribution in [0.25, 0.3) is 11.4 Å². The summed E-state index contributed by atoms with van der Waals surface area (Å²) in [6.07, 6.45) is -2.40. The molecule has 1 saturated heterocycles. The Bertz CT molecular complexity index is 1080. The van der Waals surface area contributed by atoms with Gasteiger partial charge < -0.3 is 14.7 Å². The number of rotatable bonds is 3. The van der Waals surface area contributed by atoms with E-state index < -0.39 is 23.8 Å². The van der Waals surface area contributed by atoms with Crippen LogP contribution in [0.2, 0.25) is 0 Å². The highest BCUT2D eigenvalue weighted by Gasteiger charge is 2.36. The summed E-state index contributed by atoms with van der Waals surface area (Å²) in [4.78, 5) is 18.8. The van der Waals surface area contributed by atoms with E-state index in [0.29, 0.717) is 18.8 Å². The molecule has 6 nitrogen and oxygen atoms in total. The first-order chi connectivity index (χ1) is 14.8. The van der Waals surface area contributed by atoms with Gasteiger partial charge in [0.25, 0.3) is 0 Å². The number of urea groups is 1. The predicted octanol–water partition coefficient (Wildman–Crippen LogP) is 5.82. The minimum absolute atomic E-state index is 0.274. The number of alkyl halides is 3. The van der Waals surface area contributed by atoms with E-state index in [1.165, 1.54) is 23.1 Å². The van der Waals surface area contributed by atoms with Gasteiger partial charge in [-0.05, 0) is 44.4 Å². The van der Waals surface area contributed by atoms with E-state index in [1.54, 1.807) is 0 Å². The van der Waals surface area contributed by atoms with Crippen molar-refractivity contribution >= 4 is 11.7 Å². The molecular formula is C22H21F3N4O2. The topological polar surface area (TPSA) is 71.3 Å². The van der Waals surface area contributed by atoms with Crippen LogP contribution >= 0.6 is 0 Å². The van der Waals surface area contributed by atoms with Gasteiger partial charge in [0.05, 0.1) is 11.3 Å². The fraction of sp³-hybridized carbons (Fsp3) is 0.318. The molecule has 0 saturated carbocycles. The fourth-order valence-electron chi connectivity index (χ4n) is 3.73. The second-order valence-electron chi connectivity index (χ2n) is 7.50. The average Bonchev–Trinajstić information content (AvgIpc) is 3.23. The summed E-state index contributed by atoms with van der Waals surface area (Å²) in [6, 6.07) is 11.4. The van der Waals surface area contributed by atoms with Crippen molar-refractivity contribution in [1.29, 1.82) is 0 Å². The molecule has 2 aromatic carbocycles. The van der Waals surface area contributed by atoms with Crippen LogP contribution in [-0.4, -0.2) is 27.6 Å². The molecule has 2 amide bonds. The highest BCUT2D eigenvalue weighted by atomic mass is 19.4. The summed E-state index contributed by atoms with van der Waals surface area (Å²) in [5, 5.41) is 6.44. The van der Waals surface area contributed by atoms with E-state index in [0.717, 1.165) is 30.0 Å². The number of amides is 2. The van der Waals surface area contributed by atoms with E-state index in [1.807, 2.05) is 31.2 Å². The van der Waals surface area contributed by atoms with E-state index >= 15 is 0 Å². The molecule has 0 aliphatic carbocycles. The number of carbonyl (C=O) groups is 1. The summed E-state index contributed by atoms with van der Waals surface area (Å²) >= 11 is 0. The lowest BCUT2D eigenvalue weighted by molar-refractivity contribution is -0.136. The third-order valence-corrected chi connectivity index (χ3v) is 5.24. The minimum Gasteiger partial charge on any atom is -0.337 e. The zero-order valence-corrected chi connectivity index (χ0v) is 16.8. The Morgan fingerprint density at radius 3 is 2.74 bits per heavy atom. The Morgan fingerprint density at radius 1 is 1.16 bits per heavy atom. The highest BCUT2D eigenvalue weighted by molar-refractivity contribution is 5.90. The van der Waals surface area contributed by atoms with Gasteiger partial charge in [-0.1, -0.05) is 41.1 Å². The molecule has 1 aliphatic rings. The van der Waals surface area contributed by atoms with Gasteiger partial charge in [-0.15, -0.1) is 0 Å². The number of halogens is 3. The van der Waals surface area contributed by atoms with Crippen molar-refractivity contribution < 1.29 is 22.5 Å². The number of aromatic nitrogens is 2. The van der Waals surface area contributed by atoms with E-state index in [-0.39, 0.29) is 11.6 Å². The molecule has 3 aromatic rings. The van der Waals surface area contributed by atoms with Gasteiger partial charge in [0, 0.05) is 12.1 Å². The number of hydrogen-bond acceptors (Lipinski definition) is 4. The Labute approximate surface area is 177 Å². The van der Waals surface area contributed by atoms with Crippen molar-refractivity contribution in [3.05, 3.63) is 65.5 Å². The van der Waals surface area contributed by atoms with E-state index in [2.05, 4.69) is 15.5 Å². The van der Waals surface area contributed by atoms with Crippen molar-refractivity contribution in [3.8, 4) is 11.4 Å². The average molecular weight is 430 g/mol. The number of hydrogen-bond donors (Lipinski definition) is 1. The molecule has 1 fully saturated rings. The standard InChI is InChI=1S/C22H21F3N4O2/c1-14-7-6-8-15(13-14)19-27-20(31-28-19)18-11-4-5-12-29(18)21(30)26-17-10-3-2-9-16(17)22(23,24)25/h2-3,6-10,13,18H,4-5,11-12H2,1H3,(H,26,30). The lowest BCUT2D eigenvalue weighted by Crippen LogP contribution is -2.41. The van der Waals surface area contributed by atoms with Gasteiger partial charge in [0.15, 0.2) is 0 Å². The predicted molar refractivity (Wildman–Crippen MR) is 108 cm³/mol. The molecule has 162 valence electrons. The smallest absolute Gasteiger partial charge is 0.337 e. The van der Waals surface area contributed by atoms with E-state index in [9.17, 15) is 18.0 Å². The van der Waals surface area contributed by atoms with Gasteiger partial charge >= 0.3 is 12.2 Å². The van der Waals surface area contributed by atoms with Crippen LogP contribution in [-0.2, 0) is 6.18 Å². The number of nitrogens with zero attached hydrogens (tertiary/aromatic N) is 3. The lowest BCUT2D eigenvalue weighted by Gasteiger charge is -2.33. The van der Waals surface area contributed by atoms with Crippen LogP contribution in [0.5, 0.6) is 0 Å². The second kappa shape index (κ2) is 8.41. The van der Waals surface area contributed by atoms with Crippen LogP contribution in [0.4, 0.5) is 23.7 Å². The number of piperidine rings is 1. The number of anilines is 1. The van der Waals surface area contributed by atoms with Crippen molar-refractivity contribution in [2.24, 2.45) is 0 Å². The van der Waals surface area contributed by atoms with Gasteiger partial charge in [-0.2, -0.15) is 18.2 Å². The van der Waals surface area contributed by atoms with Gasteiger partial charge in [-0.3, -0.25) is 0 Å². The Kier molecular flexibility index (Phi) is 5.67. The molecule has 1 aliphatic heterocycles. The quantitative estimate of drug-likeness (QED) is 0.568. The van der Waals surface area contributed by atoms with Gasteiger partial charge in [-0.25, -0.2) is 4.79 Å². The minimum atomic E-state index is -4.57. The number of benzene rings is 2. The first kappa shape index (κ1) is 20.9. The van der Waals surface area contributed by atoms with Gasteiger partial charge in [0.2, 0.25) is 11.7 Å². The summed E-state index contributed by atoms with van der Waals surface area (Å²) < 4.78 is 45.3.